The molecule has 0 saturated heterocycles. The molecule has 0 spiro atoms. The summed E-state index contributed by atoms with van der Waals surface area (Å²) in [5.74, 6) is -1.22. The van der Waals surface area contributed by atoms with E-state index < -0.39 is 18.5 Å². The smallest absolute Gasteiger partial charge is 0.338 e. The minimum Gasteiger partial charge on any atom is -0.452 e. The summed E-state index contributed by atoms with van der Waals surface area (Å²) >= 11 is 0. The molecule has 0 bridgehead atoms. The molecule has 0 radical (unpaired) electrons. The molecule has 3 aromatic rings. The molecular formula is C24H22N2O4. The van der Waals surface area contributed by atoms with Crippen LogP contribution in [-0.4, -0.2) is 31.4 Å². The van der Waals surface area contributed by atoms with Crippen LogP contribution in [0.2, 0.25) is 0 Å². The molecule has 0 aliphatic rings. The first kappa shape index (κ1) is 20.8. The molecule has 30 heavy (non-hydrogen) atoms. The van der Waals surface area contributed by atoms with Crippen molar-refractivity contribution < 1.29 is 19.1 Å². The van der Waals surface area contributed by atoms with Crippen LogP contribution in [0.15, 0.2) is 78.9 Å². The fourth-order valence-corrected chi connectivity index (χ4v) is 2.94. The van der Waals surface area contributed by atoms with Crippen LogP contribution in [-0.2, 0) is 16.0 Å². The Morgan fingerprint density at radius 3 is 2.20 bits per heavy atom. The first-order valence-corrected chi connectivity index (χ1v) is 9.48. The van der Waals surface area contributed by atoms with E-state index in [1.807, 2.05) is 42.5 Å². The van der Waals surface area contributed by atoms with E-state index >= 15 is 0 Å². The highest BCUT2D eigenvalue weighted by atomic mass is 16.5. The summed E-state index contributed by atoms with van der Waals surface area (Å²) in [7, 11) is 1.55. The van der Waals surface area contributed by atoms with Crippen molar-refractivity contribution in [1.82, 2.24) is 5.32 Å². The lowest BCUT2D eigenvalue weighted by Crippen LogP contribution is -2.21. The van der Waals surface area contributed by atoms with E-state index in [0.717, 1.165) is 11.1 Å². The highest BCUT2D eigenvalue weighted by molar-refractivity contribution is 5.97. The Hall–Kier alpha value is -3.93. The molecule has 3 rings (SSSR count). The fraction of sp³-hybridized carbons (Fsp3) is 0.125. The van der Waals surface area contributed by atoms with E-state index in [9.17, 15) is 14.4 Å². The molecule has 3 aromatic carbocycles. The first-order valence-electron chi connectivity index (χ1n) is 9.48. The second-order valence-corrected chi connectivity index (χ2v) is 6.60. The zero-order valence-electron chi connectivity index (χ0n) is 16.6. The van der Waals surface area contributed by atoms with Crippen molar-refractivity contribution in [1.29, 1.82) is 0 Å². The predicted octanol–water partition coefficient (Wildman–Crippen LogP) is 3.43. The van der Waals surface area contributed by atoms with Gasteiger partial charge < -0.3 is 15.4 Å². The van der Waals surface area contributed by atoms with Gasteiger partial charge in [0.1, 0.15) is 0 Å². The Balaban J connectivity index is 1.58. The summed E-state index contributed by atoms with van der Waals surface area (Å²) in [6.45, 7) is -0.407. The highest BCUT2D eigenvalue weighted by Gasteiger charge is 2.15. The molecule has 0 fully saturated rings. The molecule has 0 saturated carbocycles. The van der Waals surface area contributed by atoms with Crippen molar-refractivity contribution in [2.24, 2.45) is 0 Å². The van der Waals surface area contributed by atoms with Crippen molar-refractivity contribution in [3.8, 4) is 0 Å². The predicted molar refractivity (Wildman–Crippen MR) is 114 cm³/mol. The molecular weight excluding hydrogens is 380 g/mol. The van der Waals surface area contributed by atoms with Gasteiger partial charge in [0.25, 0.3) is 11.8 Å². The Morgan fingerprint density at radius 2 is 1.50 bits per heavy atom. The van der Waals surface area contributed by atoms with Crippen LogP contribution in [0, 0.1) is 0 Å². The monoisotopic (exact) mass is 402 g/mol. The van der Waals surface area contributed by atoms with Crippen molar-refractivity contribution in [3.63, 3.8) is 0 Å². The van der Waals surface area contributed by atoms with E-state index in [2.05, 4.69) is 10.6 Å². The number of esters is 1. The van der Waals surface area contributed by atoms with Crippen LogP contribution < -0.4 is 10.6 Å². The summed E-state index contributed by atoms with van der Waals surface area (Å²) in [5, 5.41) is 5.17. The molecule has 0 aliphatic carbocycles. The van der Waals surface area contributed by atoms with Gasteiger partial charge in [0.2, 0.25) is 0 Å². The Bertz CT molecular complexity index is 1030. The maximum Gasteiger partial charge on any atom is 0.338 e. The highest BCUT2D eigenvalue weighted by Crippen LogP contribution is 2.16. The molecule has 0 atom stereocenters. The standard InChI is InChI=1S/C24H22N2O4/c1-25-23(28)18-11-13-20(14-12-18)26-22(27)16-30-24(29)21-10-6-5-9-19(21)15-17-7-3-2-4-8-17/h2-14H,15-16H2,1H3,(H,25,28)(H,26,27). The van der Waals surface area contributed by atoms with Crippen molar-refractivity contribution in [2.45, 2.75) is 6.42 Å². The third-order valence-corrected chi connectivity index (χ3v) is 4.47. The fourth-order valence-electron chi connectivity index (χ4n) is 2.94. The molecule has 152 valence electrons. The normalized spacial score (nSPS) is 10.2. The lowest BCUT2D eigenvalue weighted by molar-refractivity contribution is -0.119. The Kier molecular flexibility index (Phi) is 6.95. The van der Waals surface area contributed by atoms with Crippen LogP contribution in [0.5, 0.6) is 0 Å². The lowest BCUT2D eigenvalue weighted by atomic mass is 10.00. The second kappa shape index (κ2) is 10.0. The van der Waals surface area contributed by atoms with Gasteiger partial charge in [0.05, 0.1) is 5.56 Å². The number of anilines is 1. The average molecular weight is 402 g/mol. The first-order chi connectivity index (χ1) is 14.6. The van der Waals surface area contributed by atoms with Gasteiger partial charge in [0, 0.05) is 18.3 Å². The summed E-state index contributed by atoms with van der Waals surface area (Å²) in [6.07, 6.45) is 0.593. The van der Waals surface area contributed by atoms with E-state index in [4.69, 9.17) is 4.74 Å². The van der Waals surface area contributed by atoms with E-state index in [-0.39, 0.29) is 5.91 Å². The topological polar surface area (TPSA) is 84.5 Å². The largest absolute Gasteiger partial charge is 0.452 e. The van der Waals surface area contributed by atoms with Crippen LogP contribution >= 0.6 is 0 Å². The maximum absolute atomic E-state index is 12.5. The second-order valence-electron chi connectivity index (χ2n) is 6.60. The van der Waals surface area contributed by atoms with Gasteiger partial charge in [-0.05, 0) is 47.9 Å². The quantitative estimate of drug-likeness (QED) is 0.593. The molecule has 0 unspecified atom stereocenters. The number of hydrogen-bond acceptors (Lipinski definition) is 4. The molecule has 2 amide bonds. The van der Waals surface area contributed by atoms with Crippen molar-refractivity contribution >= 4 is 23.5 Å². The number of nitrogens with one attached hydrogen (secondary N) is 2. The molecule has 2 N–H and O–H groups in total. The number of hydrogen-bond donors (Lipinski definition) is 2. The molecule has 6 heteroatoms. The van der Waals surface area contributed by atoms with E-state index in [0.29, 0.717) is 23.2 Å². The van der Waals surface area contributed by atoms with Crippen LogP contribution in [0.25, 0.3) is 0 Å². The van der Waals surface area contributed by atoms with Crippen molar-refractivity contribution in [2.75, 3.05) is 19.0 Å². The average Bonchev–Trinajstić information content (AvgIpc) is 2.78. The zero-order valence-corrected chi connectivity index (χ0v) is 16.6. The number of amides is 2. The van der Waals surface area contributed by atoms with Gasteiger partial charge in [-0.2, -0.15) is 0 Å². The van der Waals surface area contributed by atoms with Crippen LogP contribution in [0.3, 0.4) is 0 Å². The van der Waals surface area contributed by atoms with Gasteiger partial charge in [-0.25, -0.2) is 4.79 Å². The summed E-state index contributed by atoms with van der Waals surface area (Å²) in [6, 6.07) is 23.4. The molecule has 0 heterocycles. The minimum absolute atomic E-state index is 0.212. The van der Waals surface area contributed by atoms with Crippen LogP contribution in [0.4, 0.5) is 5.69 Å². The number of ether oxygens (including phenoxy) is 1. The van der Waals surface area contributed by atoms with Crippen molar-refractivity contribution in [3.05, 3.63) is 101 Å². The van der Waals surface area contributed by atoms with E-state index in [1.165, 1.54) is 0 Å². The molecule has 6 nitrogen and oxygen atoms in total. The maximum atomic E-state index is 12.5. The zero-order chi connectivity index (χ0) is 21.3. The number of rotatable bonds is 7. The van der Waals surface area contributed by atoms with Gasteiger partial charge in [-0.1, -0.05) is 48.5 Å². The van der Waals surface area contributed by atoms with Gasteiger partial charge >= 0.3 is 5.97 Å². The van der Waals surface area contributed by atoms with E-state index in [1.54, 1.807) is 43.4 Å². The van der Waals surface area contributed by atoms with Gasteiger partial charge in [-0.3, -0.25) is 9.59 Å². The lowest BCUT2D eigenvalue weighted by Gasteiger charge is -2.10. The minimum atomic E-state index is -0.549. The summed E-state index contributed by atoms with van der Waals surface area (Å²) in [5.41, 5.74) is 3.34. The Labute approximate surface area is 174 Å². The third-order valence-electron chi connectivity index (χ3n) is 4.47. The number of carbonyl (C=O) groups excluding carboxylic acids is 3. The SMILES string of the molecule is CNC(=O)c1ccc(NC(=O)COC(=O)c2ccccc2Cc2ccccc2)cc1. The van der Waals surface area contributed by atoms with Gasteiger partial charge in [-0.15, -0.1) is 0 Å². The molecule has 0 aliphatic heterocycles. The third kappa shape index (κ3) is 5.54. The number of carbonyl (C=O) groups is 3. The summed E-state index contributed by atoms with van der Waals surface area (Å²) in [4.78, 5) is 36.2. The number of benzene rings is 3. The molecule has 0 aromatic heterocycles. The van der Waals surface area contributed by atoms with Gasteiger partial charge in [0.15, 0.2) is 6.61 Å². The van der Waals surface area contributed by atoms with Crippen LogP contribution in [0.1, 0.15) is 31.8 Å². The Morgan fingerprint density at radius 1 is 0.833 bits per heavy atom. The summed E-state index contributed by atoms with van der Waals surface area (Å²) < 4.78 is 5.20.